The molecule has 1 N–H and O–H groups in total. The zero-order chi connectivity index (χ0) is 15.1. The van der Waals surface area contributed by atoms with Crippen molar-refractivity contribution in [3.8, 4) is 0 Å². The van der Waals surface area contributed by atoms with Crippen LogP contribution < -0.4 is 0 Å². The highest BCUT2D eigenvalue weighted by Gasteiger charge is 2.40. The van der Waals surface area contributed by atoms with Crippen molar-refractivity contribution in [1.29, 1.82) is 0 Å². The first-order chi connectivity index (χ1) is 9.95. The summed E-state index contributed by atoms with van der Waals surface area (Å²) < 4.78 is 5.30. The predicted molar refractivity (Wildman–Crippen MR) is 81.5 cm³/mol. The fourth-order valence-electron chi connectivity index (χ4n) is 4.26. The van der Waals surface area contributed by atoms with Crippen LogP contribution in [-0.2, 0) is 9.53 Å². The van der Waals surface area contributed by atoms with E-state index in [2.05, 4.69) is 26.5 Å². The normalized spacial score (nSPS) is 40.0. The maximum Gasteiger partial charge on any atom is 0.335 e. The summed E-state index contributed by atoms with van der Waals surface area (Å²) in [4.78, 5) is 11.4. The van der Waals surface area contributed by atoms with E-state index in [1.807, 2.05) is 0 Å². The molecule has 0 amide bonds. The van der Waals surface area contributed by atoms with Crippen LogP contribution in [0.15, 0.2) is 23.8 Å². The van der Waals surface area contributed by atoms with Crippen LogP contribution in [0.25, 0.3) is 0 Å². The number of ether oxygens (including phenoxy) is 1. The van der Waals surface area contributed by atoms with Gasteiger partial charge in [0.25, 0.3) is 0 Å². The van der Waals surface area contributed by atoms with Crippen molar-refractivity contribution in [1.82, 2.24) is 0 Å². The van der Waals surface area contributed by atoms with E-state index < -0.39 is 12.1 Å². The molecule has 1 saturated carbocycles. The lowest BCUT2D eigenvalue weighted by molar-refractivity contribution is -0.146. The monoisotopic (exact) mass is 290 g/mol. The van der Waals surface area contributed by atoms with Crippen molar-refractivity contribution >= 4 is 5.97 Å². The molecule has 0 aromatic rings. The Kier molecular flexibility index (Phi) is 3.96. The number of hydrogen-bond acceptors (Lipinski definition) is 3. The van der Waals surface area contributed by atoms with Gasteiger partial charge in [0.05, 0.1) is 0 Å². The summed E-state index contributed by atoms with van der Waals surface area (Å²) in [5.74, 6) is 2.40. The number of hydrogen-bond donors (Lipinski definition) is 1. The van der Waals surface area contributed by atoms with Crippen molar-refractivity contribution in [3.63, 3.8) is 0 Å². The highest BCUT2D eigenvalue weighted by molar-refractivity contribution is 5.77. The second-order valence-electron chi connectivity index (χ2n) is 7.35. The van der Waals surface area contributed by atoms with Crippen molar-refractivity contribution in [2.75, 3.05) is 0 Å². The molecule has 3 heteroatoms. The van der Waals surface area contributed by atoms with Crippen LogP contribution in [0.3, 0.4) is 0 Å². The van der Waals surface area contributed by atoms with Gasteiger partial charge in [0.15, 0.2) is 6.10 Å². The van der Waals surface area contributed by atoms with E-state index >= 15 is 0 Å². The number of cyclic esters (lactones) is 1. The Morgan fingerprint density at radius 1 is 1.33 bits per heavy atom. The summed E-state index contributed by atoms with van der Waals surface area (Å²) in [5.41, 5.74) is 2.18. The van der Waals surface area contributed by atoms with Crippen LogP contribution >= 0.6 is 0 Å². The molecule has 0 spiro atoms. The van der Waals surface area contributed by atoms with E-state index in [1.54, 1.807) is 0 Å². The molecule has 2 aliphatic carbocycles. The first-order valence-electron chi connectivity index (χ1n) is 8.24. The average Bonchev–Trinajstić information content (AvgIpc) is 2.77. The summed E-state index contributed by atoms with van der Waals surface area (Å²) in [5, 5.41) is 9.58. The lowest BCUT2D eigenvalue weighted by Crippen LogP contribution is -2.31. The SMILES string of the molecule is C=C1C[C@@H]2C[C@H](C(C)C)CC[C@H]2C=C1[C@@H]1C[C@@H](O)C(=O)O1. The molecule has 3 rings (SSSR count). The molecule has 0 aromatic carbocycles. The Hall–Kier alpha value is -1.09. The molecule has 3 nitrogen and oxygen atoms in total. The van der Waals surface area contributed by atoms with Gasteiger partial charge < -0.3 is 9.84 Å². The van der Waals surface area contributed by atoms with Crippen LogP contribution in [-0.4, -0.2) is 23.3 Å². The number of fused-ring (bicyclic) bond motifs is 1. The largest absolute Gasteiger partial charge is 0.455 e. The Labute approximate surface area is 127 Å². The Bertz CT molecular complexity index is 477. The zero-order valence-electron chi connectivity index (χ0n) is 13.0. The number of aliphatic hydroxyl groups excluding tert-OH is 1. The quantitative estimate of drug-likeness (QED) is 0.794. The van der Waals surface area contributed by atoms with Crippen LogP contribution in [0.5, 0.6) is 0 Å². The number of carbonyl (C=O) groups excluding carboxylic acids is 1. The van der Waals surface area contributed by atoms with Gasteiger partial charge in [-0.2, -0.15) is 0 Å². The Morgan fingerprint density at radius 3 is 2.71 bits per heavy atom. The summed E-state index contributed by atoms with van der Waals surface area (Å²) in [6.45, 7) is 8.86. The van der Waals surface area contributed by atoms with E-state index in [1.165, 1.54) is 19.3 Å². The molecule has 2 fully saturated rings. The molecule has 1 aliphatic heterocycles. The molecule has 0 radical (unpaired) electrons. The van der Waals surface area contributed by atoms with Crippen LogP contribution in [0.4, 0.5) is 0 Å². The molecule has 3 aliphatic rings. The third-order valence-electron chi connectivity index (χ3n) is 5.65. The fourth-order valence-corrected chi connectivity index (χ4v) is 4.26. The van der Waals surface area contributed by atoms with E-state index in [0.717, 1.165) is 29.4 Å². The van der Waals surface area contributed by atoms with E-state index in [0.29, 0.717) is 18.3 Å². The Morgan fingerprint density at radius 2 is 2.10 bits per heavy atom. The van der Waals surface area contributed by atoms with Gasteiger partial charge in [-0.05, 0) is 60.5 Å². The lowest BCUT2D eigenvalue weighted by Gasteiger charge is -2.41. The van der Waals surface area contributed by atoms with Gasteiger partial charge in [-0.25, -0.2) is 4.79 Å². The molecule has 0 bridgehead atoms. The van der Waals surface area contributed by atoms with Crippen LogP contribution in [0, 0.1) is 23.7 Å². The topological polar surface area (TPSA) is 46.5 Å². The van der Waals surface area contributed by atoms with Gasteiger partial charge in [0, 0.05) is 6.42 Å². The average molecular weight is 290 g/mol. The van der Waals surface area contributed by atoms with E-state index in [4.69, 9.17) is 4.74 Å². The van der Waals surface area contributed by atoms with E-state index in [9.17, 15) is 9.90 Å². The lowest BCUT2D eigenvalue weighted by atomic mass is 9.65. The fraction of sp³-hybridized carbons (Fsp3) is 0.722. The second kappa shape index (κ2) is 5.60. The summed E-state index contributed by atoms with van der Waals surface area (Å²) in [6.07, 6.45) is 6.28. The molecule has 0 aromatic heterocycles. The van der Waals surface area contributed by atoms with Crippen molar-refractivity contribution < 1.29 is 14.6 Å². The zero-order valence-corrected chi connectivity index (χ0v) is 13.0. The summed E-state index contributed by atoms with van der Waals surface area (Å²) in [7, 11) is 0. The molecule has 21 heavy (non-hydrogen) atoms. The maximum absolute atomic E-state index is 11.4. The maximum atomic E-state index is 11.4. The summed E-state index contributed by atoms with van der Waals surface area (Å²) >= 11 is 0. The van der Waals surface area contributed by atoms with Gasteiger partial charge >= 0.3 is 5.97 Å². The standard InChI is InChI=1S/C18H26O3/c1-10(2)12-4-5-13-8-15(11(3)6-14(13)7-12)17-9-16(19)18(20)21-17/h8,10,12-14,16-17,19H,3-7,9H2,1-2H3/t12-,13+,14-,16-,17+/m1/s1. The highest BCUT2D eigenvalue weighted by atomic mass is 16.6. The molecule has 5 atom stereocenters. The number of rotatable bonds is 2. The van der Waals surface area contributed by atoms with Crippen molar-refractivity contribution in [3.05, 3.63) is 23.8 Å². The van der Waals surface area contributed by atoms with Gasteiger partial charge in [-0.15, -0.1) is 0 Å². The Balaban J connectivity index is 1.74. The molecular weight excluding hydrogens is 264 g/mol. The number of aliphatic hydroxyl groups is 1. The van der Waals surface area contributed by atoms with Crippen molar-refractivity contribution in [2.24, 2.45) is 23.7 Å². The van der Waals surface area contributed by atoms with Crippen LogP contribution in [0.1, 0.15) is 46.0 Å². The summed E-state index contributed by atoms with van der Waals surface area (Å²) in [6, 6.07) is 0. The predicted octanol–water partition coefficient (Wildman–Crippen LogP) is 3.24. The number of carbonyl (C=O) groups is 1. The van der Waals surface area contributed by atoms with E-state index in [-0.39, 0.29) is 6.10 Å². The minimum atomic E-state index is -0.960. The molecule has 116 valence electrons. The van der Waals surface area contributed by atoms with Gasteiger partial charge in [0.2, 0.25) is 0 Å². The molecule has 0 unspecified atom stereocenters. The van der Waals surface area contributed by atoms with Crippen LogP contribution in [0.2, 0.25) is 0 Å². The number of allylic oxidation sites excluding steroid dienone is 1. The van der Waals surface area contributed by atoms with Gasteiger partial charge in [-0.3, -0.25) is 0 Å². The molecule has 1 heterocycles. The van der Waals surface area contributed by atoms with Gasteiger partial charge in [-0.1, -0.05) is 26.5 Å². The highest BCUT2D eigenvalue weighted by Crippen LogP contribution is 2.46. The third-order valence-corrected chi connectivity index (χ3v) is 5.65. The van der Waals surface area contributed by atoms with Gasteiger partial charge in [0.1, 0.15) is 6.10 Å². The van der Waals surface area contributed by atoms with Crippen molar-refractivity contribution in [2.45, 2.75) is 58.2 Å². The molecular formula is C18H26O3. The molecule has 1 saturated heterocycles. The smallest absolute Gasteiger partial charge is 0.335 e. The number of esters is 1. The first kappa shape index (κ1) is 14.8. The minimum Gasteiger partial charge on any atom is -0.455 e. The minimum absolute atomic E-state index is 0.274. The third kappa shape index (κ3) is 2.80. The second-order valence-corrected chi connectivity index (χ2v) is 7.35. The first-order valence-corrected chi connectivity index (χ1v) is 8.24.